The van der Waals surface area contributed by atoms with Gasteiger partial charge in [0.15, 0.2) is 0 Å². The zero-order valence-electron chi connectivity index (χ0n) is 28.5. The molecule has 1 aromatic carbocycles. The highest BCUT2D eigenvalue weighted by molar-refractivity contribution is 15.0. The highest BCUT2D eigenvalue weighted by Gasteiger charge is 2.52. The molecule has 1 aromatic rings. The van der Waals surface area contributed by atoms with Crippen molar-refractivity contribution in [3.63, 3.8) is 0 Å². The number of rotatable bonds is 7. The van der Waals surface area contributed by atoms with Crippen LogP contribution in [0.4, 0.5) is 0 Å². The lowest BCUT2D eigenvalue weighted by atomic mass is 9.52. The maximum absolute atomic E-state index is 4.12. The first-order valence-electron chi connectivity index (χ1n) is 15.2. The summed E-state index contributed by atoms with van der Waals surface area (Å²) in [5, 5.41) is 0. The Morgan fingerprint density at radius 3 is 1.83 bits per heavy atom. The van der Waals surface area contributed by atoms with Gasteiger partial charge in [-0.3, -0.25) is 4.90 Å². The molecule has 1 heterocycles. The Bertz CT molecular complexity index is 873. The lowest BCUT2D eigenvalue weighted by Gasteiger charge is -2.60. The summed E-state index contributed by atoms with van der Waals surface area (Å²) in [7, 11) is 0. The molecule has 2 bridgehead atoms. The lowest BCUT2D eigenvalue weighted by molar-refractivity contribution is -0.0977. The molecule has 3 nitrogen and oxygen atoms in total. The van der Waals surface area contributed by atoms with E-state index in [4.69, 9.17) is 0 Å². The molecule has 3 rings (SSSR count). The number of halogens is 2. The monoisotopic (exact) mass is 796 g/mol. The second-order valence-electron chi connectivity index (χ2n) is 13.9. The van der Waals surface area contributed by atoms with Crippen molar-refractivity contribution in [3.8, 4) is 0 Å². The Hall–Kier alpha value is -0.220. The van der Waals surface area contributed by atoms with Crippen LogP contribution in [0.1, 0.15) is 119 Å². The highest BCUT2D eigenvalue weighted by atomic mass is 128. The van der Waals surface area contributed by atoms with Crippen LogP contribution in [0.5, 0.6) is 0 Å². The average molecular weight is 797 g/mol. The topological polar surface area (TPSA) is 69.7 Å². The molecule has 1 saturated heterocycles. The maximum Gasteiger partial charge on any atom is 0.00390 e. The quantitative estimate of drug-likeness (QED) is 0.221. The van der Waals surface area contributed by atoms with E-state index in [-0.39, 0.29) is 11.6 Å². The molecule has 0 aromatic heterocycles. The number of nitrogens with zero attached hydrogens (tertiary/aromatic N) is 1. The standard InChI is InChI=1S/C16H31N.C16H20.C4H10.I2.H3N.H2O/c1-7-14(4)8-15(5)10-16(6,9-14)12-17(11-15)13(2)3;1-4-6-7-11-14(3)16-13-9-8-12-15(16)10-5-2;1-4(2)3;1-2;;/h13H,7-12H2,1-6H3;4,6-9,11-13H,3,5,10H2,1-2H3;4H,1-3H3;;1H3;1H2/b;6-4-,11-7-;;;;/t14?,15-,16+;;;;;. The van der Waals surface area contributed by atoms with Gasteiger partial charge in [-0.25, -0.2) is 0 Å². The Labute approximate surface area is 279 Å². The second-order valence-corrected chi connectivity index (χ2v) is 13.9. The Kier molecular flexibility index (Phi) is 24.6. The van der Waals surface area contributed by atoms with Gasteiger partial charge in [-0.05, 0) is 85.3 Å². The number of aryl methyl sites for hydroxylation is 1. The Morgan fingerprint density at radius 2 is 1.41 bits per heavy atom. The van der Waals surface area contributed by atoms with Crippen molar-refractivity contribution < 1.29 is 5.48 Å². The highest BCUT2D eigenvalue weighted by Crippen LogP contribution is 2.58. The summed E-state index contributed by atoms with van der Waals surface area (Å²) in [4.78, 5) is 2.72. The zero-order chi connectivity index (χ0) is 30.3. The average Bonchev–Trinajstić information content (AvgIpc) is 2.84. The van der Waals surface area contributed by atoms with Crippen molar-refractivity contribution in [1.29, 1.82) is 0 Å². The molecule has 1 unspecified atom stereocenters. The summed E-state index contributed by atoms with van der Waals surface area (Å²) in [6.07, 6.45) is 16.1. The van der Waals surface area contributed by atoms with E-state index in [1.165, 1.54) is 56.3 Å². The second kappa shape index (κ2) is 22.3. The molecule has 41 heavy (non-hydrogen) atoms. The van der Waals surface area contributed by atoms with Crippen molar-refractivity contribution in [2.24, 2.45) is 22.2 Å². The van der Waals surface area contributed by atoms with Crippen LogP contribution in [0, 0.1) is 22.2 Å². The number of benzene rings is 1. The minimum absolute atomic E-state index is 0. The summed E-state index contributed by atoms with van der Waals surface area (Å²) < 4.78 is 0. The third-order valence-corrected chi connectivity index (χ3v) is 7.80. The molecule has 240 valence electrons. The maximum atomic E-state index is 4.12. The van der Waals surface area contributed by atoms with Crippen LogP contribution >= 0.6 is 37.2 Å². The minimum atomic E-state index is 0. The lowest BCUT2D eigenvalue weighted by Crippen LogP contribution is -2.58. The number of hydrogen-bond donors (Lipinski definition) is 1. The number of piperidine rings is 1. The number of likely N-dealkylation sites (tertiary alicyclic amines) is 1. The molecular formula is C36H66I2N2O. The molecule has 0 spiro atoms. The summed E-state index contributed by atoms with van der Waals surface area (Å²) in [6.45, 7) is 32.1. The van der Waals surface area contributed by atoms with Crippen LogP contribution in [0.25, 0.3) is 5.57 Å². The fraction of sp³-hybridized carbons (Fsp3) is 0.667. The number of allylic oxidation sites excluding steroid dienone is 5. The largest absolute Gasteiger partial charge is 0.412 e. The van der Waals surface area contributed by atoms with Gasteiger partial charge >= 0.3 is 0 Å². The molecule has 2 aliphatic rings. The molecule has 1 aliphatic carbocycles. The van der Waals surface area contributed by atoms with Crippen molar-refractivity contribution in [2.45, 2.75) is 121 Å². The van der Waals surface area contributed by atoms with Crippen molar-refractivity contribution >= 4 is 42.8 Å². The summed E-state index contributed by atoms with van der Waals surface area (Å²) in [5.74, 6) is 0.833. The number of fused-ring (bicyclic) bond motifs is 2. The summed E-state index contributed by atoms with van der Waals surface area (Å²) in [6, 6.07) is 9.21. The van der Waals surface area contributed by atoms with Crippen LogP contribution in [0.15, 0.2) is 55.1 Å². The van der Waals surface area contributed by atoms with Gasteiger partial charge in [0.25, 0.3) is 0 Å². The van der Waals surface area contributed by atoms with Gasteiger partial charge in [0.1, 0.15) is 0 Å². The van der Waals surface area contributed by atoms with Gasteiger partial charge in [-0.1, -0.05) is 123 Å². The molecule has 5 N–H and O–H groups in total. The van der Waals surface area contributed by atoms with Gasteiger partial charge < -0.3 is 11.6 Å². The van der Waals surface area contributed by atoms with Crippen LogP contribution in [0.3, 0.4) is 0 Å². The van der Waals surface area contributed by atoms with Gasteiger partial charge in [0.2, 0.25) is 0 Å². The third-order valence-electron chi connectivity index (χ3n) is 7.80. The first-order valence-corrected chi connectivity index (χ1v) is 21.5. The predicted octanol–water partition coefficient (Wildman–Crippen LogP) is 11.9. The minimum Gasteiger partial charge on any atom is -0.412 e. The molecule has 1 saturated carbocycles. The first kappa shape index (κ1) is 45.2. The van der Waals surface area contributed by atoms with E-state index in [0.29, 0.717) is 22.3 Å². The Balaban J connectivity index is -0.000000569. The van der Waals surface area contributed by atoms with Crippen LogP contribution in [0.2, 0.25) is 0 Å². The summed E-state index contributed by atoms with van der Waals surface area (Å²) >= 11 is 4.24. The first-order chi connectivity index (χ1) is 18.2. The molecule has 0 radical (unpaired) electrons. The van der Waals surface area contributed by atoms with Crippen LogP contribution in [-0.2, 0) is 6.42 Å². The Morgan fingerprint density at radius 1 is 0.927 bits per heavy atom. The molecule has 3 atom stereocenters. The van der Waals surface area contributed by atoms with Gasteiger partial charge in [0.05, 0.1) is 0 Å². The smallest absolute Gasteiger partial charge is 0.00390 e. The zero-order valence-corrected chi connectivity index (χ0v) is 32.9. The van der Waals surface area contributed by atoms with Crippen LogP contribution < -0.4 is 6.15 Å². The van der Waals surface area contributed by atoms with Crippen molar-refractivity contribution in [3.05, 3.63) is 66.3 Å². The molecule has 0 amide bonds. The van der Waals surface area contributed by atoms with E-state index >= 15 is 0 Å². The van der Waals surface area contributed by atoms with Crippen LogP contribution in [-0.4, -0.2) is 29.5 Å². The van der Waals surface area contributed by atoms with E-state index in [1.807, 2.05) is 25.2 Å². The third kappa shape index (κ3) is 17.0. The molecule has 2 fully saturated rings. The van der Waals surface area contributed by atoms with Crippen molar-refractivity contribution in [1.82, 2.24) is 11.1 Å². The molecular weight excluding hydrogens is 730 g/mol. The van der Waals surface area contributed by atoms with E-state index in [0.717, 1.165) is 17.9 Å². The molecule has 1 aliphatic heterocycles. The van der Waals surface area contributed by atoms with E-state index in [1.54, 1.807) is 0 Å². The van der Waals surface area contributed by atoms with Gasteiger partial charge in [-0.2, -0.15) is 0 Å². The predicted molar refractivity (Wildman–Crippen MR) is 206 cm³/mol. The van der Waals surface area contributed by atoms with E-state index in [2.05, 4.69) is 148 Å². The fourth-order valence-electron chi connectivity index (χ4n) is 6.85. The fourth-order valence-corrected chi connectivity index (χ4v) is 6.85. The normalized spacial score (nSPS) is 25.1. The van der Waals surface area contributed by atoms with E-state index in [9.17, 15) is 0 Å². The SMILES string of the molecule is C=C(/C=C\C=C/C)c1ccccc1CCC.CC(C)C.CCC1(C)C[C@]2(C)CN(C(C)C)C[C@](C)(C1)C2.II.N.O. The van der Waals surface area contributed by atoms with Crippen molar-refractivity contribution in [2.75, 3.05) is 13.1 Å². The van der Waals surface area contributed by atoms with E-state index < -0.39 is 0 Å². The molecule has 5 heteroatoms. The van der Waals surface area contributed by atoms with Gasteiger partial charge in [-0.15, -0.1) is 0 Å². The number of hydrogen-bond acceptors (Lipinski definition) is 2. The summed E-state index contributed by atoms with van der Waals surface area (Å²) in [5.41, 5.74) is 5.44. The van der Waals surface area contributed by atoms with Gasteiger partial charge in [0, 0.05) is 56.4 Å².